The first-order chi connectivity index (χ1) is 27.3. The molecule has 7 aromatic rings. The van der Waals surface area contributed by atoms with Gasteiger partial charge in [0.1, 0.15) is 0 Å². The number of allylic oxidation sites excluding steroid dienone is 5. The minimum absolute atomic E-state index is 0.00165. The summed E-state index contributed by atoms with van der Waals surface area (Å²) in [5.41, 5.74) is 21.4. The number of aromatic nitrogens is 1. The lowest BCUT2D eigenvalue weighted by Crippen LogP contribution is -2.19. The smallest absolute Gasteiger partial charge is 0.0537 e. The molecule has 0 radical (unpaired) electrons. The van der Waals surface area contributed by atoms with Crippen molar-refractivity contribution in [1.82, 2.24) is 4.57 Å². The Morgan fingerprint density at radius 2 is 1.25 bits per heavy atom. The van der Waals surface area contributed by atoms with E-state index in [1.165, 1.54) is 89.4 Å². The molecule has 0 spiro atoms. The Morgan fingerprint density at radius 1 is 0.589 bits per heavy atom. The van der Waals surface area contributed by atoms with Crippen molar-refractivity contribution in [2.24, 2.45) is 0 Å². The van der Waals surface area contributed by atoms with Gasteiger partial charge in [0.2, 0.25) is 0 Å². The maximum atomic E-state index is 2.49. The van der Waals surface area contributed by atoms with E-state index in [9.17, 15) is 0 Å². The van der Waals surface area contributed by atoms with Gasteiger partial charge in [0.05, 0.1) is 5.52 Å². The molecule has 4 aliphatic rings. The number of para-hydroxylation sites is 2. The summed E-state index contributed by atoms with van der Waals surface area (Å²) in [5.74, 6) is 0.297. The third kappa shape index (κ3) is 4.81. The van der Waals surface area contributed by atoms with Crippen molar-refractivity contribution in [3.05, 3.63) is 202 Å². The van der Waals surface area contributed by atoms with Crippen molar-refractivity contribution in [3.63, 3.8) is 0 Å². The van der Waals surface area contributed by atoms with Crippen molar-refractivity contribution >= 4 is 39.6 Å². The SMILES string of the molecule is CC1(C)C2=C(C=CCC2)c2ccc(N(c3ccc(C4C=Cc5c(c6ccccc6n5-c5ccccc5)C4)cc3)c3ccc4c(c3)C(C)(C)c3ccccc3-4)cc21. The van der Waals surface area contributed by atoms with E-state index >= 15 is 0 Å². The summed E-state index contributed by atoms with van der Waals surface area (Å²) in [6.45, 7) is 9.60. The monoisotopic (exact) mass is 722 g/mol. The van der Waals surface area contributed by atoms with Gasteiger partial charge in [-0.25, -0.2) is 0 Å². The lowest BCUT2D eigenvalue weighted by molar-refractivity contribution is 0.607. The van der Waals surface area contributed by atoms with E-state index in [0.717, 1.165) is 19.3 Å². The first kappa shape index (κ1) is 33.2. The zero-order valence-electron chi connectivity index (χ0n) is 32.7. The minimum atomic E-state index is -0.0809. The predicted molar refractivity (Wildman–Crippen MR) is 236 cm³/mol. The standard InChI is InChI=1S/C54H46N2/c1-53(2)47-19-11-8-16-41(47)43-29-27-39(33-49(43)53)55(40-28-30-44-42-17-9-12-20-48(42)54(3,4)50(44)34-40)38-25-22-35(23-26-38)36-24-31-52-46(32-36)45-18-10-13-21-51(45)56(52)37-14-6-5-7-15-37/h5-11,13-19,21-31,33-34,36H,12,20,32H2,1-4H3. The molecule has 4 aliphatic carbocycles. The summed E-state index contributed by atoms with van der Waals surface area (Å²) >= 11 is 0. The second-order valence-corrected chi connectivity index (χ2v) is 17.2. The van der Waals surface area contributed by atoms with Crippen LogP contribution in [0.2, 0.25) is 0 Å². The Kier molecular flexibility index (Phi) is 7.23. The Bertz CT molecular complexity index is 2820. The number of rotatable bonds is 5. The maximum absolute atomic E-state index is 2.49. The molecule has 0 amide bonds. The van der Waals surface area contributed by atoms with Crippen LogP contribution in [0.15, 0.2) is 163 Å². The number of hydrogen-bond donors (Lipinski definition) is 0. The van der Waals surface area contributed by atoms with E-state index < -0.39 is 0 Å². The molecular weight excluding hydrogens is 677 g/mol. The molecule has 11 rings (SSSR count). The van der Waals surface area contributed by atoms with Gasteiger partial charge in [0.15, 0.2) is 0 Å². The van der Waals surface area contributed by atoms with Gasteiger partial charge < -0.3 is 9.47 Å². The van der Waals surface area contributed by atoms with Gasteiger partial charge in [-0.3, -0.25) is 0 Å². The average molecular weight is 723 g/mol. The highest BCUT2D eigenvalue weighted by Gasteiger charge is 2.39. The van der Waals surface area contributed by atoms with Crippen LogP contribution in [0.3, 0.4) is 0 Å². The predicted octanol–water partition coefficient (Wildman–Crippen LogP) is 14.2. The van der Waals surface area contributed by atoms with Crippen molar-refractivity contribution in [1.29, 1.82) is 0 Å². The van der Waals surface area contributed by atoms with Crippen molar-refractivity contribution in [3.8, 4) is 16.8 Å². The quantitative estimate of drug-likeness (QED) is 0.172. The topological polar surface area (TPSA) is 8.17 Å². The first-order valence-corrected chi connectivity index (χ1v) is 20.3. The summed E-state index contributed by atoms with van der Waals surface area (Å²) in [7, 11) is 0. The fraction of sp³-hybridized carbons (Fsp3) is 0.185. The molecule has 2 heteroatoms. The van der Waals surface area contributed by atoms with Gasteiger partial charge in [0.25, 0.3) is 0 Å². The second kappa shape index (κ2) is 12.2. The zero-order chi connectivity index (χ0) is 37.8. The van der Waals surface area contributed by atoms with Crippen LogP contribution in [0.4, 0.5) is 17.1 Å². The highest BCUT2D eigenvalue weighted by atomic mass is 15.1. The summed E-state index contributed by atoms with van der Waals surface area (Å²) in [5, 5.41) is 1.34. The molecule has 0 aliphatic heterocycles. The molecule has 6 aromatic carbocycles. The van der Waals surface area contributed by atoms with Crippen LogP contribution >= 0.6 is 0 Å². The molecule has 0 saturated carbocycles. The Hall–Kier alpha value is -6.12. The first-order valence-electron chi connectivity index (χ1n) is 20.3. The van der Waals surface area contributed by atoms with Crippen LogP contribution in [0.25, 0.3) is 39.4 Å². The molecule has 1 atom stereocenters. The molecule has 1 aromatic heterocycles. The van der Waals surface area contributed by atoms with Gasteiger partial charge in [-0.15, -0.1) is 0 Å². The molecule has 56 heavy (non-hydrogen) atoms. The van der Waals surface area contributed by atoms with E-state index in [4.69, 9.17) is 0 Å². The van der Waals surface area contributed by atoms with Gasteiger partial charge in [-0.2, -0.15) is 0 Å². The van der Waals surface area contributed by atoms with Crippen LogP contribution in [0.5, 0.6) is 0 Å². The Morgan fingerprint density at radius 3 is 2.05 bits per heavy atom. The molecule has 0 bridgehead atoms. The molecule has 0 N–H and O–H groups in total. The number of benzene rings is 6. The Labute approximate surface area is 330 Å². The van der Waals surface area contributed by atoms with Crippen LogP contribution in [-0.2, 0) is 17.3 Å². The number of hydrogen-bond acceptors (Lipinski definition) is 1. The number of anilines is 3. The van der Waals surface area contributed by atoms with Gasteiger partial charge >= 0.3 is 0 Å². The van der Waals surface area contributed by atoms with Crippen LogP contribution in [0, 0.1) is 0 Å². The molecule has 0 fully saturated rings. The second-order valence-electron chi connectivity index (χ2n) is 17.2. The van der Waals surface area contributed by atoms with Crippen molar-refractivity contribution in [2.75, 3.05) is 4.90 Å². The molecule has 272 valence electrons. The number of nitrogens with zero attached hydrogens (tertiary/aromatic N) is 2. The van der Waals surface area contributed by atoms with E-state index in [-0.39, 0.29) is 10.8 Å². The van der Waals surface area contributed by atoms with Crippen molar-refractivity contribution in [2.45, 2.75) is 63.7 Å². The summed E-state index contributed by atoms with van der Waals surface area (Å²) in [4.78, 5) is 2.49. The van der Waals surface area contributed by atoms with Crippen LogP contribution < -0.4 is 4.90 Å². The van der Waals surface area contributed by atoms with Gasteiger partial charge in [-0.05, 0) is 130 Å². The van der Waals surface area contributed by atoms with Gasteiger partial charge in [-0.1, -0.05) is 136 Å². The molecule has 1 heterocycles. The fourth-order valence-electron chi connectivity index (χ4n) is 10.6. The molecule has 1 unspecified atom stereocenters. The molecule has 2 nitrogen and oxygen atoms in total. The number of fused-ring (bicyclic) bond motifs is 8. The zero-order valence-corrected chi connectivity index (χ0v) is 32.7. The maximum Gasteiger partial charge on any atom is 0.0537 e. The molecular formula is C54H46N2. The lowest BCUT2D eigenvalue weighted by atomic mass is 9.78. The highest BCUT2D eigenvalue weighted by molar-refractivity contribution is 5.92. The summed E-state index contributed by atoms with van der Waals surface area (Å²) < 4.78 is 2.43. The minimum Gasteiger partial charge on any atom is -0.310 e. The normalized spacial score (nSPS) is 18.0. The lowest BCUT2D eigenvalue weighted by Gasteiger charge is -2.30. The third-order valence-electron chi connectivity index (χ3n) is 13.5. The fourth-order valence-corrected chi connectivity index (χ4v) is 10.6. The summed E-state index contributed by atoms with van der Waals surface area (Å²) in [6, 6.07) is 52.4. The van der Waals surface area contributed by atoms with Crippen LogP contribution in [-0.4, -0.2) is 4.57 Å². The average Bonchev–Trinajstić information content (AvgIpc) is 3.78. The third-order valence-corrected chi connectivity index (χ3v) is 13.5. The Balaban J connectivity index is 1.000. The van der Waals surface area contributed by atoms with E-state index in [2.05, 4.69) is 201 Å². The highest BCUT2D eigenvalue weighted by Crippen LogP contribution is 2.53. The van der Waals surface area contributed by atoms with E-state index in [1.54, 1.807) is 5.57 Å². The van der Waals surface area contributed by atoms with E-state index in [0.29, 0.717) is 5.92 Å². The molecule has 0 saturated heterocycles. The van der Waals surface area contributed by atoms with E-state index in [1.807, 2.05) is 0 Å². The summed E-state index contributed by atoms with van der Waals surface area (Å²) in [6.07, 6.45) is 12.7. The van der Waals surface area contributed by atoms with Gasteiger partial charge in [0, 0.05) is 50.6 Å². The van der Waals surface area contributed by atoms with Crippen molar-refractivity contribution < 1.29 is 0 Å². The van der Waals surface area contributed by atoms with Crippen LogP contribution in [0.1, 0.15) is 85.5 Å². The largest absolute Gasteiger partial charge is 0.310 e.